The lowest BCUT2D eigenvalue weighted by molar-refractivity contribution is -0.111. The van der Waals surface area contributed by atoms with Crippen LogP contribution in [0.15, 0.2) is 18.2 Å². The normalized spacial score (nSPS) is 26.8. The van der Waals surface area contributed by atoms with Gasteiger partial charge in [-0.25, -0.2) is 0 Å². The van der Waals surface area contributed by atoms with Crippen LogP contribution in [0, 0.1) is 0 Å². The Bertz CT molecular complexity index is 400. The van der Waals surface area contributed by atoms with E-state index in [1.54, 1.807) is 39.2 Å². The molecule has 0 saturated heterocycles. The zero-order valence-corrected chi connectivity index (χ0v) is 9.60. The summed E-state index contributed by atoms with van der Waals surface area (Å²) in [7, 11) is 1.57. The summed E-state index contributed by atoms with van der Waals surface area (Å²) in [5.74, 6) is 1.22. The minimum absolute atomic E-state index is 0.558. The fourth-order valence-corrected chi connectivity index (χ4v) is 1.87. The highest BCUT2D eigenvalue weighted by Gasteiger charge is 2.42. The number of hydrogen-bond acceptors (Lipinski definition) is 4. The van der Waals surface area contributed by atoms with Crippen LogP contribution in [0.25, 0.3) is 0 Å². The van der Waals surface area contributed by atoms with Gasteiger partial charge in [-0.15, -0.1) is 0 Å². The first-order valence-corrected chi connectivity index (χ1v) is 5.19. The van der Waals surface area contributed by atoms with Gasteiger partial charge in [0.1, 0.15) is 29.3 Å². The van der Waals surface area contributed by atoms with E-state index in [0.29, 0.717) is 17.1 Å². The smallest absolute Gasteiger partial charge is 0.132 e. The van der Waals surface area contributed by atoms with Crippen LogP contribution in [0.5, 0.6) is 11.5 Å². The van der Waals surface area contributed by atoms with Gasteiger partial charge in [-0.3, -0.25) is 0 Å². The number of rotatable bonds is 1. The molecule has 0 amide bonds. The molecule has 2 atom stereocenters. The molecule has 1 aromatic carbocycles. The molecule has 0 aromatic heterocycles. The molecule has 88 valence electrons. The third kappa shape index (κ3) is 1.64. The van der Waals surface area contributed by atoms with Gasteiger partial charge in [-0.05, 0) is 26.0 Å². The molecule has 4 heteroatoms. The monoisotopic (exact) mass is 224 g/mol. The summed E-state index contributed by atoms with van der Waals surface area (Å²) < 4.78 is 10.7. The zero-order valence-electron chi connectivity index (χ0n) is 9.60. The van der Waals surface area contributed by atoms with E-state index >= 15 is 0 Å². The molecular formula is C12H16O4. The van der Waals surface area contributed by atoms with Crippen molar-refractivity contribution in [3.63, 3.8) is 0 Å². The van der Waals surface area contributed by atoms with Crippen molar-refractivity contribution in [2.24, 2.45) is 0 Å². The third-order valence-electron chi connectivity index (χ3n) is 2.92. The van der Waals surface area contributed by atoms with Crippen molar-refractivity contribution in [2.75, 3.05) is 7.11 Å². The van der Waals surface area contributed by atoms with Gasteiger partial charge in [0.05, 0.1) is 7.11 Å². The molecule has 1 heterocycles. The van der Waals surface area contributed by atoms with Crippen molar-refractivity contribution in [2.45, 2.75) is 31.7 Å². The highest BCUT2D eigenvalue weighted by atomic mass is 16.5. The first kappa shape index (κ1) is 11.2. The molecule has 1 aliphatic heterocycles. The summed E-state index contributed by atoms with van der Waals surface area (Å²) in [6.07, 6.45) is -1.86. The van der Waals surface area contributed by atoms with Gasteiger partial charge in [0.15, 0.2) is 0 Å². The molecule has 1 aromatic rings. The standard InChI is InChI=1S/C12H16O4/c1-12(2)11(14)10(13)8-5-4-7(15-3)6-9(8)16-12/h4-6,10-11,13-14H,1-3H3/t10-,11+/m0/s1. The number of fused-ring (bicyclic) bond motifs is 1. The average molecular weight is 224 g/mol. The van der Waals surface area contributed by atoms with Gasteiger partial charge in [0.2, 0.25) is 0 Å². The van der Waals surface area contributed by atoms with Crippen LogP contribution in [0.2, 0.25) is 0 Å². The Morgan fingerprint density at radius 3 is 2.62 bits per heavy atom. The SMILES string of the molecule is COc1ccc2c(c1)OC(C)(C)[C@H](O)[C@H]2O. The molecule has 0 fully saturated rings. The van der Waals surface area contributed by atoms with E-state index in [1.807, 2.05) is 0 Å². The number of ether oxygens (including phenoxy) is 2. The topological polar surface area (TPSA) is 58.9 Å². The largest absolute Gasteiger partial charge is 0.497 e. The molecule has 4 nitrogen and oxygen atoms in total. The van der Waals surface area contributed by atoms with E-state index in [4.69, 9.17) is 9.47 Å². The lowest BCUT2D eigenvalue weighted by atomic mass is 9.88. The van der Waals surface area contributed by atoms with Gasteiger partial charge < -0.3 is 19.7 Å². The summed E-state index contributed by atoms with van der Waals surface area (Å²) in [5.41, 5.74) is -0.216. The molecule has 2 rings (SSSR count). The second-order valence-corrected chi connectivity index (χ2v) is 4.50. The molecule has 16 heavy (non-hydrogen) atoms. The van der Waals surface area contributed by atoms with Crippen molar-refractivity contribution in [1.29, 1.82) is 0 Å². The van der Waals surface area contributed by atoms with E-state index < -0.39 is 17.8 Å². The number of benzene rings is 1. The zero-order chi connectivity index (χ0) is 11.9. The Kier molecular flexibility index (Phi) is 2.56. The van der Waals surface area contributed by atoms with Gasteiger partial charge in [0.25, 0.3) is 0 Å². The second-order valence-electron chi connectivity index (χ2n) is 4.50. The maximum absolute atomic E-state index is 9.96. The molecule has 2 N–H and O–H groups in total. The van der Waals surface area contributed by atoms with Crippen LogP contribution in [-0.4, -0.2) is 29.0 Å². The maximum atomic E-state index is 9.96. The van der Waals surface area contributed by atoms with Crippen molar-refractivity contribution >= 4 is 0 Å². The number of methoxy groups -OCH3 is 1. The summed E-state index contributed by atoms with van der Waals surface area (Å²) in [6.45, 7) is 3.48. The van der Waals surface area contributed by atoms with E-state index in [-0.39, 0.29) is 0 Å². The molecular weight excluding hydrogens is 208 g/mol. The average Bonchev–Trinajstić information content (AvgIpc) is 2.25. The van der Waals surface area contributed by atoms with Gasteiger partial charge in [-0.1, -0.05) is 0 Å². The van der Waals surface area contributed by atoms with Crippen molar-refractivity contribution in [1.82, 2.24) is 0 Å². The highest BCUT2D eigenvalue weighted by molar-refractivity contribution is 5.44. The Hall–Kier alpha value is -1.26. The van der Waals surface area contributed by atoms with E-state index in [1.165, 1.54) is 0 Å². The molecule has 0 spiro atoms. The Morgan fingerprint density at radius 1 is 1.31 bits per heavy atom. The maximum Gasteiger partial charge on any atom is 0.132 e. The third-order valence-corrected chi connectivity index (χ3v) is 2.92. The van der Waals surface area contributed by atoms with Crippen LogP contribution in [0.3, 0.4) is 0 Å². The summed E-state index contributed by atoms with van der Waals surface area (Å²) >= 11 is 0. The van der Waals surface area contributed by atoms with Gasteiger partial charge >= 0.3 is 0 Å². The number of aliphatic hydroxyl groups excluding tert-OH is 2. The molecule has 0 unspecified atom stereocenters. The van der Waals surface area contributed by atoms with Crippen molar-refractivity contribution in [3.8, 4) is 11.5 Å². The predicted molar refractivity (Wildman–Crippen MR) is 58.7 cm³/mol. The molecule has 0 bridgehead atoms. The highest BCUT2D eigenvalue weighted by Crippen LogP contribution is 2.41. The number of aliphatic hydroxyl groups is 2. The van der Waals surface area contributed by atoms with Gasteiger partial charge in [0, 0.05) is 11.6 Å². The van der Waals surface area contributed by atoms with Crippen LogP contribution < -0.4 is 9.47 Å². The van der Waals surface area contributed by atoms with Crippen LogP contribution >= 0.6 is 0 Å². The van der Waals surface area contributed by atoms with Crippen molar-refractivity contribution < 1.29 is 19.7 Å². The van der Waals surface area contributed by atoms with Gasteiger partial charge in [-0.2, -0.15) is 0 Å². The fourth-order valence-electron chi connectivity index (χ4n) is 1.87. The Labute approximate surface area is 94.4 Å². The minimum atomic E-state index is -0.937. The quantitative estimate of drug-likeness (QED) is 0.754. The summed E-state index contributed by atoms with van der Waals surface area (Å²) in [5, 5.41) is 19.8. The van der Waals surface area contributed by atoms with E-state index in [9.17, 15) is 10.2 Å². The van der Waals surface area contributed by atoms with Crippen LogP contribution in [0.4, 0.5) is 0 Å². The van der Waals surface area contributed by atoms with E-state index in [2.05, 4.69) is 0 Å². The minimum Gasteiger partial charge on any atom is -0.497 e. The molecule has 0 saturated carbocycles. The summed E-state index contributed by atoms with van der Waals surface area (Å²) in [4.78, 5) is 0. The molecule has 0 radical (unpaired) electrons. The second kappa shape index (κ2) is 3.64. The Morgan fingerprint density at radius 2 is 2.00 bits per heavy atom. The Balaban J connectivity index is 2.46. The first-order valence-electron chi connectivity index (χ1n) is 5.19. The predicted octanol–water partition coefficient (Wildman–Crippen LogP) is 1.26. The van der Waals surface area contributed by atoms with Crippen LogP contribution in [-0.2, 0) is 0 Å². The molecule has 1 aliphatic rings. The lowest BCUT2D eigenvalue weighted by Gasteiger charge is -2.40. The molecule has 0 aliphatic carbocycles. The summed E-state index contributed by atoms with van der Waals surface area (Å²) in [6, 6.07) is 5.15. The van der Waals surface area contributed by atoms with Crippen LogP contribution in [0.1, 0.15) is 25.5 Å². The van der Waals surface area contributed by atoms with Crippen molar-refractivity contribution in [3.05, 3.63) is 23.8 Å². The lowest BCUT2D eigenvalue weighted by Crippen LogP contribution is -2.48. The number of hydrogen-bond donors (Lipinski definition) is 2. The van der Waals surface area contributed by atoms with E-state index in [0.717, 1.165) is 0 Å². The fraction of sp³-hybridized carbons (Fsp3) is 0.500. The first-order chi connectivity index (χ1) is 7.45.